The first-order valence-corrected chi connectivity index (χ1v) is 4.21. The largest absolute Gasteiger partial charge is 0.398 e. The van der Waals surface area contributed by atoms with Crippen molar-refractivity contribution in [2.24, 2.45) is 7.05 Å². The summed E-state index contributed by atoms with van der Waals surface area (Å²) >= 11 is 0. The molecule has 2 N–H and O–H groups in total. The number of hydrogen-bond acceptors (Lipinski definition) is 2. The molecule has 0 bridgehead atoms. The van der Waals surface area contributed by atoms with Gasteiger partial charge in [0.15, 0.2) is 0 Å². The van der Waals surface area contributed by atoms with E-state index in [9.17, 15) is 4.39 Å². The molecule has 1 heterocycles. The van der Waals surface area contributed by atoms with E-state index in [2.05, 4.69) is 4.98 Å². The van der Waals surface area contributed by atoms with Crippen molar-refractivity contribution in [3.05, 3.63) is 36.4 Å². The highest BCUT2D eigenvalue weighted by molar-refractivity contribution is 5.71. The first kappa shape index (κ1) is 8.74. The fraction of sp³-hybridized carbons (Fsp3) is 0.100. The third-order valence-electron chi connectivity index (χ3n) is 2.08. The number of halogens is 1. The first-order chi connectivity index (χ1) is 6.68. The predicted molar refractivity (Wildman–Crippen MR) is 53.0 cm³/mol. The zero-order valence-electron chi connectivity index (χ0n) is 7.74. The Morgan fingerprint density at radius 1 is 1.43 bits per heavy atom. The maximum absolute atomic E-state index is 12.8. The predicted octanol–water partition coefficient (Wildman–Crippen LogP) is 1.81. The number of imidazole rings is 1. The summed E-state index contributed by atoms with van der Waals surface area (Å²) in [6, 6.07) is 4.30. The van der Waals surface area contributed by atoms with Crippen molar-refractivity contribution in [1.82, 2.24) is 9.55 Å². The van der Waals surface area contributed by atoms with Gasteiger partial charge >= 0.3 is 0 Å². The van der Waals surface area contributed by atoms with E-state index >= 15 is 0 Å². The van der Waals surface area contributed by atoms with Gasteiger partial charge in [0.25, 0.3) is 0 Å². The lowest BCUT2D eigenvalue weighted by atomic mass is 10.1. The van der Waals surface area contributed by atoms with Crippen LogP contribution in [0.25, 0.3) is 11.4 Å². The Kier molecular flexibility index (Phi) is 1.96. The van der Waals surface area contributed by atoms with Crippen molar-refractivity contribution < 1.29 is 4.39 Å². The molecule has 1 aromatic carbocycles. The summed E-state index contributed by atoms with van der Waals surface area (Å²) < 4.78 is 14.6. The normalized spacial score (nSPS) is 10.4. The van der Waals surface area contributed by atoms with Crippen molar-refractivity contribution in [1.29, 1.82) is 0 Å². The molecule has 2 rings (SSSR count). The van der Waals surface area contributed by atoms with Gasteiger partial charge in [-0.15, -0.1) is 0 Å². The number of aryl methyl sites for hydroxylation is 1. The molecule has 4 heteroatoms. The maximum atomic E-state index is 12.8. The second kappa shape index (κ2) is 3.14. The van der Waals surface area contributed by atoms with Crippen molar-refractivity contribution >= 4 is 5.69 Å². The van der Waals surface area contributed by atoms with Crippen molar-refractivity contribution in [2.75, 3.05) is 5.73 Å². The minimum Gasteiger partial charge on any atom is -0.398 e. The quantitative estimate of drug-likeness (QED) is 0.698. The average molecular weight is 191 g/mol. The summed E-state index contributed by atoms with van der Waals surface area (Å²) in [5.74, 6) is 0.406. The van der Waals surface area contributed by atoms with Crippen LogP contribution in [0.3, 0.4) is 0 Å². The molecular weight excluding hydrogens is 181 g/mol. The SMILES string of the molecule is Cn1ccnc1-c1ccc(F)cc1N. The van der Waals surface area contributed by atoms with Crippen LogP contribution in [0, 0.1) is 5.82 Å². The monoisotopic (exact) mass is 191 g/mol. The van der Waals surface area contributed by atoms with E-state index in [1.807, 2.05) is 17.8 Å². The third-order valence-corrected chi connectivity index (χ3v) is 2.08. The molecule has 0 radical (unpaired) electrons. The van der Waals surface area contributed by atoms with Crippen LogP contribution in [0.2, 0.25) is 0 Å². The summed E-state index contributed by atoms with van der Waals surface area (Å²) in [6.07, 6.45) is 3.50. The standard InChI is InChI=1S/C10H10FN3/c1-14-5-4-13-10(14)8-3-2-7(11)6-9(8)12/h2-6H,12H2,1H3. The van der Waals surface area contributed by atoms with Crippen LogP contribution in [-0.4, -0.2) is 9.55 Å². The lowest BCUT2D eigenvalue weighted by Gasteiger charge is -2.05. The number of anilines is 1. The van der Waals surface area contributed by atoms with Gasteiger partial charge in [0.2, 0.25) is 0 Å². The van der Waals surface area contributed by atoms with Gasteiger partial charge in [-0.05, 0) is 18.2 Å². The zero-order chi connectivity index (χ0) is 10.1. The lowest BCUT2D eigenvalue weighted by Crippen LogP contribution is -1.96. The van der Waals surface area contributed by atoms with Crippen molar-refractivity contribution in [3.63, 3.8) is 0 Å². The Hall–Kier alpha value is -1.84. The maximum Gasteiger partial charge on any atom is 0.141 e. The number of nitrogens with zero attached hydrogens (tertiary/aromatic N) is 2. The number of aromatic nitrogens is 2. The number of rotatable bonds is 1. The third kappa shape index (κ3) is 1.35. The molecule has 0 unspecified atom stereocenters. The zero-order valence-corrected chi connectivity index (χ0v) is 7.74. The summed E-state index contributed by atoms with van der Waals surface area (Å²) in [5, 5.41) is 0. The highest BCUT2D eigenvalue weighted by atomic mass is 19.1. The van der Waals surface area contributed by atoms with Gasteiger partial charge in [0.1, 0.15) is 11.6 Å². The van der Waals surface area contributed by atoms with Crippen LogP contribution >= 0.6 is 0 Å². The number of hydrogen-bond donors (Lipinski definition) is 1. The average Bonchev–Trinajstić information content (AvgIpc) is 2.52. The second-order valence-corrected chi connectivity index (χ2v) is 3.09. The van der Waals surface area contributed by atoms with E-state index in [0.717, 1.165) is 11.4 Å². The topological polar surface area (TPSA) is 43.8 Å². The molecule has 0 saturated carbocycles. The molecule has 72 valence electrons. The second-order valence-electron chi connectivity index (χ2n) is 3.09. The van der Waals surface area contributed by atoms with Gasteiger partial charge in [-0.1, -0.05) is 0 Å². The highest BCUT2D eigenvalue weighted by Crippen LogP contribution is 2.24. The summed E-state index contributed by atoms with van der Waals surface area (Å²) in [6.45, 7) is 0. The van der Waals surface area contributed by atoms with Crippen LogP contribution in [0.15, 0.2) is 30.6 Å². The lowest BCUT2D eigenvalue weighted by molar-refractivity contribution is 0.628. The molecule has 0 aliphatic carbocycles. The number of benzene rings is 1. The molecule has 0 atom stereocenters. The van der Waals surface area contributed by atoms with Gasteiger partial charge in [-0.2, -0.15) is 0 Å². The Morgan fingerprint density at radius 3 is 2.79 bits per heavy atom. The molecule has 0 aliphatic heterocycles. The Balaban J connectivity index is 2.58. The van der Waals surface area contributed by atoms with E-state index in [-0.39, 0.29) is 5.82 Å². The minimum atomic E-state index is -0.333. The number of nitrogen functional groups attached to an aromatic ring is 1. The minimum absolute atomic E-state index is 0.333. The molecule has 0 spiro atoms. The van der Waals surface area contributed by atoms with Crippen molar-refractivity contribution in [2.45, 2.75) is 0 Å². The molecule has 0 aliphatic rings. The van der Waals surface area contributed by atoms with Crippen molar-refractivity contribution in [3.8, 4) is 11.4 Å². The van der Waals surface area contributed by atoms with Crippen LogP contribution in [-0.2, 0) is 7.05 Å². The fourth-order valence-corrected chi connectivity index (χ4v) is 1.36. The van der Waals surface area contributed by atoms with E-state index in [1.165, 1.54) is 12.1 Å². The molecule has 0 saturated heterocycles. The number of nitrogens with two attached hydrogens (primary N) is 1. The van der Waals surface area contributed by atoms with E-state index in [1.54, 1.807) is 12.3 Å². The van der Waals surface area contributed by atoms with Crippen LogP contribution in [0.5, 0.6) is 0 Å². The fourth-order valence-electron chi connectivity index (χ4n) is 1.36. The molecule has 0 fully saturated rings. The molecule has 0 amide bonds. The van der Waals surface area contributed by atoms with Crippen LogP contribution in [0.4, 0.5) is 10.1 Å². The van der Waals surface area contributed by atoms with E-state index < -0.39 is 0 Å². The van der Waals surface area contributed by atoms with Crippen LogP contribution in [0.1, 0.15) is 0 Å². The van der Waals surface area contributed by atoms with E-state index in [4.69, 9.17) is 5.73 Å². The van der Waals surface area contributed by atoms with Gasteiger partial charge < -0.3 is 10.3 Å². The first-order valence-electron chi connectivity index (χ1n) is 4.21. The van der Waals surface area contributed by atoms with E-state index in [0.29, 0.717) is 5.69 Å². The Bertz CT molecular complexity index is 462. The smallest absolute Gasteiger partial charge is 0.141 e. The summed E-state index contributed by atoms with van der Waals surface area (Å²) in [5.41, 5.74) is 6.84. The Morgan fingerprint density at radius 2 is 2.21 bits per heavy atom. The van der Waals surface area contributed by atoms with Gasteiger partial charge in [0, 0.05) is 30.7 Å². The molecule has 1 aromatic heterocycles. The van der Waals surface area contributed by atoms with Gasteiger partial charge in [-0.3, -0.25) is 0 Å². The van der Waals surface area contributed by atoms with Gasteiger partial charge in [0.05, 0.1) is 0 Å². The molecule has 14 heavy (non-hydrogen) atoms. The summed E-state index contributed by atoms with van der Waals surface area (Å²) in [4.78, 5) is 4.14. The highest BCUT2D eigenvalue weighted by Gasteiger charge is 2.07. The molecular formula is C10H10FN3. The Labute approximate surface area is 81.0 Å². The van der Waals surface area contributed by atoms with Gasteiger partial charge in [-0.25, -0.2) is 9.37 Å². The van der Waals surface area contributed by atoms with Crippen LogP contribution < -0.4 is 5.73 Å². The molecule has 3 nitrogen and oxygen atoms in total. The molecule has 2 aromatic rings. The summed E-state index contributed by atoms with van der Waals surface area (Å²) in [7, 11) is 1.87.